The fraction of sp³-hybridized carbons (Fsp3) is 0.0769. The molecular formula is C13H9Cl2N3O3. The van der Waals surface area contributed by atoms with E-state index in [-0.39, 0.29) is 27.1 Å². The molecule has 8 heteroatoms. The molecule has 0 bridgehead atoms. The lowest BCUT2D eigenvalue weighted by atomic mass is 10.2. The summed E-state index contributed by atoms with van der Waals surface area (Å²) in [7, 11) is 0. The normalized spacial score (nSPS) is 10.2. The Morgan fingerprint density at radius 3 is 2.67 bits per heavy atom. The molecule has 0 saturated carbocycles. The van der Waals surface area contributed by atoms with Gasteiger partial charge in [0.25, 0.3) is 11.6 Å². The minimum Gasteiger partial charge on any atom is -0.316 e. The largest absolute Gasteiger partial charge is 0.316 e. The van der Waals surface area contributed by atoms with Gasteiger partial charge in [-0.05, 0) is 24.6 Å². The van der Waals surface area contributed by atoms with Crippen LogP contribution >= 0.6 is 23.2 Å². The molecule has 0 aliphatic heterocycles. The number of anilines is 1. The van der Waals surface area contributed by atoms with Gasteiger partial charge in [-0.1, -0.05) is 29.3 Å². The molecule has 1 N–H and O–H groups in total. The standard InChI is InChI=1S/C13H9Cl2N3O3/c1-7-2-3-10(11(4-7)18(20)21)17-13(19)8-5-9(14)12(15)16-6-8/h2-6H,1H3,(H,17,19). The number of hydrogen-bond donors (Lipinski definition) is 1. The van der Waals surface area contributed by atoms with Crippen LogP contribution in [0.15, 0.2) is 30.5 Å². The van der Waals surface area contributed by atoms with E-state index in [0.717, 1.165) is 5.56 Å². The van der Waals surface area contributed by atoms with Crippen molar-refractivity contribution in [3.63, 3.8) is 0 Å². The van der Waals surface area contributed by atoms with Gasteiger partial charge < -0.3 is 5.32 Å². The van der Waals surface area contributed by atoms with Crippen molar-refractivity contribution in [2.75, 3.05) is 5.32 Å². The Labute approximate surface area is 129 Å². The van der Waals surface area contributed by atoms with Crippen LogP contribution in [0.2, 0.25) is 10.2 Å². The van der Waals surface area contributed by atoms with E-state index in [1.165, 1.54) is 24.4 Å². The van der Waals surface area contributed by atoms with Crippen LogP contribution in [0, 0.1) is 17.0 Å². The fourth-order valence-electron chi connectivity index (χ4n) is 1.64. The van der Waals surface area contributed by atoms with E-state index in [0.29, 0.717) is 0 Å². The maximum absolute atomic E-state index is 12.1. The molecule has 0 radical (unpaired) electrons. The third-order valence-electron chi connectivity index (χ3n) is 2.66. The second-order valence-electron chi connectivity index (χ2n) is 4.23. The summed E-state index contributed by atoms with van der Waals surface area (Å²) in [5.74, 6) is -0.562. The Hall–Kier alpha value is -2.18. The van der Waals surface area contributed by atoms with Crippen molar-refractivity contribution in [1.29, 1.82) is 0 Å². The molecule has 0 aliphatic rings. The van der Waals surface area contributed by atoms with Gasteiger partial charge in [-0.3, -0.25) is 14.9 Å². The number of rotatable bonds is 3. The summed E-state index contributed by atoms with van der Waals surface area (Å²) in [5.41, 5.74) is 0.785. The van der Waals surface area contributed by atoms with E-state index in [9.17, 15) is 14.9 Å². The van der Waals surface area contributed by atoms with E-state index >= 15 is 0 Å². The number of nitrogens with one attached hydrogen (secondary N) is 1. The van der Waals surface area contributed by atoms with Gasteiger partial charge in [0.05, 0.1) is 15.5 Å². The Morgan fingerprint density at radius 1 is 1.33 bits per heavy atom. The molecule has 1 amide bonds. The molecule has 0 spiro atoms. The molecule has 108 valence electrons. The van der Waals surface area contributed by atoms with Crippen molar-refractivity contribution in [2.24, 2.45) is 0 Å². The number of carbonyl (C=O) groups excluding carboxylic acids is 1. The first-order valence-corrected chi connectivity index (χ1v) is 6.51. The van der Waals surface area contributed by atoms with Crippen molar-refractivity contribution in [3.8, 4) is 0 Å². The van der Waals surface area contributed by atoms with E-state index in [1.807, 2.05) is 0 Å². The van der Waals surface area contributed by atoms with E-state index in [4.69, 9.17) is 23.2 Å². The molecule has 1 aromatic carbocycles. The van der Waals surface area contributed by atoms with E-state index in [1.54, 1.807) is 13.0 Å². The second-order valence-corrected chi connectivity index (χ2v) is 4.99. The Bertz CT molecular complexity index is 735. The fourth-order valence-corrected chi connectivity index (χ4v) is 1.91. The van der Waals surface area contributed by atoms with Gasteiger partial charge in [-0.2, -0.15) is 0 Å². The number of nitrogens with zero attached hydrogens (tertiary/aromatic N) is 2. The van der Waals surface area contributed by atoms with E-state index in [2.05, 4.69) is 10.3 Å². The lowest BCUT2D eigenvalue weighted by Gasteiger charge is -2.07. The number of aromatic nitrogens is 1. The predicted molar refractivity (Wildman–Crippen MR) is 80.0 cm³/mol. The summed E-state index contributed by atoms with van der Waals surface area (Å²) in [6, 6.07) is 5.85. The topological polar surface area (TPSA) is 85.1 Å². The maximum atomic E-state index is 12.1. The van der Waals surface area contributed by atoms with Gasteiger partial charge in [-0.15, -0.1) is 0 Å². The highest BCUT2D eigenvalue weighted by Gasteiger charge is 2.17. The molecular weight excluding hydrogens is 317 g/mol. The quantitative estimate of drug-likeness (QED) is 0.527. The Morgan fingerprint density at radius 2 is 2.05 bits per heavy atom. The van der Waals surface area contributed by atoms with Crippen LogP contribution in [0.3, 0.4) is 0 Å². The summed E-state index contributed by atoms with van der Waals surface area (Å²) in [4.78, 5) is 26.2. The second kappa shape index (κ2) is 6.07. The SMILES string of the molecule is Cc1ccc(NC(=O)c2cnc(Cl)c(Cl)c2)c([N+](=O)[O-])c1. The average Bonchev–Trinajstić information content (AvgIpc) is 2.43. The highest BCUT2D eigenvalue weighted by atomic mass is 35.5. The number of carbonyl (C=O) groups is 1. The summed E-state index contributed by atoms with van der Waals surface area (Å²) < 4.78 is 0. The molecule has 21 heavy (non-hydrogen) atoms. The van der Waals surface area contributed by atoms with Gasteiger partial charge in [0.1, 0.15) is 10.8 Å². The van der Waals surface area contributed by atoms with Crippen molar-refractivity contribution in [2.45, 2.75) is 6.92 Å². The number of aryl methyl sites for hydroxylation is 1. The number of nitro benzene ring substituents is 1. The lowest BCUT2D eigenvalue weighted by molar-refractivity contribution is -0.384. The molecule has 1 heterocycles. The zero-order chi connectivity index (χ0) is 15.6. The zero-order valence-corrected chi connectivity index (χ0v) is 12.3. The van der Waals surface area contributed by atoms with Crippen molar-refractivity contribution < 1.29 is 9.72 Å². The van der Waals surface area contributed by atoms with Crippen LogP contribution in [0.25, 0.3) is 0 Å². The van der Waals surface area contributed by atoms with Crippen LogP contribution in [-0.2, 0) is 0 Å². The molecule has 0 saturated heterocycles. The van der Waals surface area contributed by atoms with Crippen molar-refractivity contribution in [1.82, 2.24) is 4.98 Å². The highest BCUT2D eigenvalue weighted by molar-refractivity contribution is 6.41. The van der Waals surface area contributed by atoms with Crippen LogP contribution in [0.4, 0.5) is 11.4 Å². The van der Waals surface area contributed by atoms with Gasteiger partial charge in [0.15, 0.2) is 0 Å². The number of benzene rings is 1. The average molecular weight is 326 g/mol. The number of hydrogen-bond acceptors (Lipinski definition) is 4. The minimum absolute atomic E-state index is 0.0783. The molecule has 2 aromatic rings. The number of amides is 1. The maximum Gasteiger partial charge on any atom is 0.293 e. The van der Waals surface area contributed by atoms with Crippen LogP contribution in [0.5, 0.6) is 0 Å². The van der Waals surface area contributed by atoms with Gasteiger partial charge in [0, 0.05) is 12.3 Å². The molecule has 1 aromatic heterocycles. The predicted octanol–water partition coefficient (Wildman–Crippen LogP) is 3.86. The first-order valence-electron chi connectivity index (χ1n) is 5.76. The first kappa shape index (κ1) is 15.2. The van der Waals surface area contributed by atoms with Crippen molar-refractivity contribution >= 4 is 40.5 Å². The van der Waals surface area contributed by atoms with Gasteiger partial charge >= 0.3 is 0 Å². The first-order chi connectivity index (χ1) is 9.88. The lowest BCUT2D eigenvalue weighted by Crippen LogP contribution is -2.13. The van der Waals surface area contributed by atoms with E-state index < -0.39 is 10.8 Å². The van der Waals surface area contributed by atoms with Crippen LogP contribution in [-0.4, -0.2) is 15.8 Å². The molecule has 2 rings (SSSR count). The summed E-state index contributed by atoms with van der Waals surface area (Å²) >= 11 is 11.4. The van der Waals surface area contributed by atoms with Crippen molar-refractivity contribution in [3.05, 3.63) is 61.9 Å². The third kappa shape index (κ3) is 3.48. The Kier molecular flexibility index (Phi) is 4.40. The monoisotopic (exact) mass is 325 g/mol. The Balaban J connectivity index is 2.31. The summed E-state index contributed by atoms with van der Waals surface area (Å²) in [6.45, 7) is 1.72. The number of nitro groups is 1. The molecule has 6 nitrogen and oxygen atoms in total. The molecule has 0 aliphatic carbocycles. The highest BCUT2D eigenvalue weighted by Crippen LogP contribution is 2.26. The summed E-state index contributed by atoms with van der Waals surface area (Å²) in [5, 5.41) is 13.7. The summed E-state index contributed by atoms with van der Waals surface area (Å²) in [6.07, 6.45) is 1.24. The van der Waals surface area contributed by atoms with Crippen LogP contribution in [0.1, 0.15) is 15.9 Å². The molecule has 0 unspecified atom stereocenters. The third-order valence-corrected chi connectivity index (χ3v) is 3.34. The van der Waals surface area contributed by atoms with Gasteiger partial charge in [0.2, 0.25) is 0 Å². The zero-order valence-electron chi connectivity index (χ0n) is 10.8. The van der Waals surface area contributed by atoms with Crippen LogP contribution < -0.4 is 5.32 Å². The minimum atomic E-state index is -0.562. The number of pyridine rings is 1. The molecule has 0 atom stereocenters. The number of halogens is 2. The smallest absolute Gasteiger partial charge is 0.293 e. The van der Waals surface area contributed by atoms with Gasteiger partial charge in [-0.25, -0.2) is 4.98 Å². The molecule has 0 fully saturated rings.